The average molecular weight is 313 g/mol. The van der Waals surface area contributed by atoms with Gasteiger partial charge in [0.1, 0.15) is 11.4 Å². The first-order valence-electron chi connectivity index (χ1n) is 7.06. The number of ether oxygens (including phenoxy) is 1. The lowest BCUT2D eigenvalue weighted by atomic mass is 10.1. The molecule has 1 aliphatic heterocycles. The fourth-order valence-electron chi connectivity index (χ4n) is 2.21. The van der Waals surface area contributed by atoms with E-state index in [2.05, 4.69) is 15.3 Å². The van der Waals surface area contributed by atoms with E-state index in [-0.39, 0.29) is 17.4 Å². The molecule has 0 radical (unpaired) electrons. The molecule has 1 aromatic heterocycles. The molecule has 1 aromatic rings. The minimum atomic E-state index is -0.475. The Hall–Kier alpha value is -1.56. The monoisotopic (exact) mass is 312 g/mol. The highest BCUT2D eigenvalue weighted by Gasteiger charge is 2.27. The Morgan fingerprint density at radius 3 is 2.95 bits per heavy atom. The molecular weight excluding hydrogens is 292 g/mol. The first-order chi connectivity index (χ1) is 9.83. The van der Waals surface area contributed by atoms with Gasteiger partial charge in [0.15, 0.2) is 0 Å². The standard InChI is InChI=1S/C14H21ClN4O2/c1-14(2,3)21-13(20)19-8-4-5-10(9-19)17-11-6-7-16-12(15)18-11/h6-7,10H,4-5,8-9H2,1-3H3,(H,16,17,18)/t10-/m1/s1. The van der Waals surface area contributed by atoms with Crippen LogP contribution in [-0.4, -0.2) is 45.7 Å². The van der Waals surface area contributed by atoms with Gasteiger partial charge in [-0.3, -0.25) is 0 Å². The van der Waals surface area contributed by atoms with E-state index in [1.54, 1.807) is 17.2 Å². The third kappa shape index (κ3) is 5.04. The van der Waals surface area contributed by atoms with Crippen molar-refractivity contribution < 1.29 is 9.53 Å². The van der Waals surface area contributed by atoms with Gasteiger partial charge in [0.25, 0.3) is 0 Å². The highest BCUT2D eigenvalue weighted by Crippen LogP contribution is 2.18. The van der Waals surface area contributed by atoms with E-state index >= 15 is 0 Å². The maximum absolute atomic E-state index is 12.1. The van der Waals surface area contributed by atoms with E-state index in [1.807, 2.05) is 20.8 Å². The fraction of sp³-hybridized carbons (Fsp3) is 0.643. The number of carbonyl (C=O) groups excluding carboxylic acids is 1. The number of anilines is 1. The summed E-state index contributed by atoms with van der Waals surface area (Å²) in [6.45, 7) is 6.92. The number of nitrogens with one attached hydrogen (secondary N) is 1. The number of carbonyl (C=O) groups is 1. The van der Waals surface area contributed by atoms with Crippen LogP contribution in [-0.2, 0) is 4.74 Å². The summed E-state index contributed by atoms with van der Waals surface area (Å²) in [6.07, 6.45) is 3.23. The van der Waals surface area contributed by atoms with Gasteiger partial charge in [-0.15, -0.1) is 0 Å². The highest BCUT2D eigenvalue weighted by molar-refractivity contribution is 6.28. The van der Waals surface area contributed by atoms with E-state index in [4.69, 9.17) is 16.3 Å². The van der Waals surface area contributed by atoms with Crippen LogP contribution < -0.4 is 5.32 Å². The molecule has 0 unspecified atom stereocenters. The summed E-state index contributed by atoms with van der Waals surface area (Å²) < 4.78 is 5.41. The van der Waals surface area contributed by atoms with Gasteiger partial charge in [-0.25, -0.2) is 14.8 Å². The molecule has 0 spiro atoms. The van der Waals surface area contributed by atoms with Gasteiger partial charge in [0, 0.05) is 25.3 Å². The molecule has 1 N–H and O–H groups in total. The molecule has 2 heterocycles. The number of piperidine rings is 1. The van der Waals surface area contributed by atoms with Crippen molar-refractivity contribution in [3.63, 3.8) is 0 Å². The second-order valence-corrected chi connectivity index (χ2v) is 6.46. The van der Waals surface area contributed by atoms with Crippen molar-refractivity contribution in [1.29, 1.82) is 0 Å². The zero-order chi connectivity index (χ0) is 15.5. The SMILES string of the molecule is CC(C)(C)OC(=O)N1CCC[C@@H](Nc2ccnc(Cl)n2)C1. The number of likely N-dealkylation sites (tertiary alicyclic amines) is 1. The van der Waals surface area contributed by atoms with Crippen LogP contribution in [0.25, 0.3) is 0 Å². The van der Waals surface area contributed by atoms with Crippen molar-refractivity contribution >= 4 is 23.5 Å². The van der Waals surface area contributed by atoms with Crippen molar-refractivity contribution in [2.75, 3.05) is 18.4 Å². The van der Waals surface area contributed by atoms with Gasteiger partial charge in [-0.2, -0.15) is 0 Å². The molecule has 2 rings (SSSR count). The molecule has 1 saturated heterocycles. The predicted molar refractivity (Wildman–Crippen MR) is 81.5 cm³/mol. The summed E-state index contributed by atoms with van der Waals surface area (Å²) in [4.78, 5) is 21.8. The predicted octanol–water partition coefficient (Wildman–Crippen LogP) is 2.94. The Kier molecular flexibility index (Phi) is 4.88. The van der Waals surface area contributed by atoms with Crippen molar-refractivity contribution in [3.05, 3.63) is 17.5 Å². The number of hydrogen-bond acceptors (Lipinski definition) is 5. The topological polar surface area (TPSA) is 67.3 Å². The molecule has 116 valence electrons. The van der Waals surface area contributed by atoms with Gasteiger partial charge in [0.05, 0.1) is 0 Å². The quantitative estimate of drug-likeness (QED) is 0.850. The lowest BCUT2D eigenvalue weighted by Gasteiger charge is -2.34. The summed E-state index contributed by atoms with van der Waals surface area (Å²) in [6, 6.07) is 1.90. The van der Waals surface area contributed by atoms with E-state index in [0.29, 0.717) is 12.4 Å². The smallest absolute Gasteiger partial charge is 0.410 e. The van der Waals surface area contributed by atoms with Crippen molar-refractivity contribution in [1.82, 2.24) is 14.9 Å². The minimum absolute atomic E-state index is 0.136. The highest BCUT2D eigenvalue weighted by atomic mass is 35.5. The number of amides is 1. The molecule has 21 heavy (non-hydrogen) atoms. The Morgan fingerprint density at radius 2 is 2.29 bits per heavy atom. The summed E-state index contributed by atoms with van der Waals surface area (Å²) in [7, 11) is 0. The van der Waals surface area contributed by atoms with Gasteiger partial charge in [-0.1, -0.05) is 0 Å². The maximum Gasteiger partial charge on any atom is 0.410 e. The first-order valence-corrected chi connectivity index (χ1v) is 7.44. The summed E-state index contributed by atoms with van der Waals surface area (Å²) in [5, 5.41) is 3.49. The van der Waals surface area contributed by atoms with Crippen LogP contribution >= 0.6 is 11.6 Å². The van der Waals surface area contributed by atoms with Crippen LogP contribution in [0.4, 0.5) is 10.6 Å². The molecule has 0 aliphatic carbocycles. The van der Waals surface area contributed by atoms with Crippen LogP contribution in [0.5, 0.6) is 0 Å². The Balaban J connectivity index is 1.93. The largest absolute Gasteiger partial charge is 0.444 e. The third-order valence-electron chi connectivity index (χ3n) is 3.05. The Morgan fingerprint density at radius 1 is 1.52 bits per heavy atom. The van der Waals surface area contributed by atoms with Crippen LogP contribution in [0.3, 0.4) is 0 Å². The number of halogens is 1. The number of nitrogens with zero attached hydrogens (tertiary/aromatic N) is 3. The molecule has 1 amide bonds. The zero-order valence-corrected chi connectivity index (χ0v) is 13.4. The molecule has 1 fully saturated rings. The molecule has 1 atom stereocenters. The summed E-state index contributed by atoms with van der Waals surface area (Å²) >= 11 is 5.77. The van der Waals surface area contributed by atoms with Gasteiger partial charge < -0.3 is 15.0 Å². The first kappa shape index (κ1) is 15.8. The Labute approximate surface area is 129 Å². The van der Waals surface area contributed by atoms with E-state index in [0.717, 1.165) is 19.4 Å². The van der Waals surface area contributed by atoms with Crippen molar-refractivity contribution in [2.24, 2.45) is 0 Å². The number of aromatic nitrogens is 2. The van der Waals surface area contributed by atoms with Gasteiger partial charge in [-0.05, 0) is 51.3 Å². The normalized spacial score (nSPS) is 19.2. The summed E-state index contributed by atoms with van der Waals surface area (Å²) in [5.74, 6) is 0.672. The van der Waals surface area contributed by atoms with E-state index in [9.17, 15) is 4.79 Å². The van der Waals surface area contributed by atoms with Crippen molar-refractivity contribution in [3.8, 4) is 0 Å². The molecule has 0 saturated carbocycles. The van der Waals surface area contributed by atoms with Crippen molar-refractivity contribution in [2.45, 2.75) is 45.3 Å². The molecule has 0 bridgehead atoms. The zero-order valence-electron chi connectivity index (χ0n) is 12.6. The second-order valence-electron chi connectivity index (χ2n) is 6.12. The van der Waals surface area contributed by atoms with E-state index < -0.39 is 5.60 Å². The number of rotatable bonds is 2. The second kappa shape index (κ2) is 6.47. The van der Waals surface area contributed by atoms with Crippen LogP contribution in [0.2, 0.25) is 5.28 Å². The molecule has 6 nitrogen and oxygen atoms in total. The fourth-order valence-corrected chi connectivity index (χ4v) is 2.36. The minimum Gasteiger partial charge on any atom is -0.444 e. The van der Waals surface area contributed by atoms with E-state index in [1.165, 1.54) is 0 Å². The van der Waals surface area contributed by atoms with Crippen LogP contribution in [0.1, 0.15) is 33.6 Å². The average Bonchev–Trinajstić information content (AvgIpc) is 2.37. The lowest BCUT2D eigenvalue weighted by Crippen LogP contribution is -2.47. The lowest BCUT2D eigenvalue weighted by molar-refractivity contribution is 0.0206. The van der Waals surface area contributed by atoms with Crippen LogP contribution in [0, 0.1) is 0 Å². The Bertz CT molecular complexity index is 504. The molecule has 7 heteroatoms. The molecular formula is C14H21ClN4O2. The number of hydrogen-bond donors (Lipinski definition) is 1. The molecule has 1 aliphatic rings. The summed E-state index contributed by atoms with van der Waals surface area (Å²) in [5.41, 5.74) is -0.475. The van der Waals surface area contributed by atoms with Gasteiger partial charge in [0.2, 0.25) is 5.28 Å². The maximum atomic E-state index is 12.1. The van der Waals surface area contributed by atoms with Crippen LogP contribution in [0.15, 0.2) is 12.3 Å². The van der Waals surface area contributed by atoms with Gasteiger partial charge >= 0.3 is 6.09 Å². The third-order valence-corrected chi connectivity index (χ3v) is 3.23. The molecule has 0 aromatic carbocycles.